The second-order valence-corrected chi connectivity index (χ2v) is 10.6. The number of hydrogen-bond acceptors (Lipinski definition) is 15. The van der Waals surface area contributed by atoms with Crippen molar-refractivity contribution in [2.45, 2.75) is 74.8 Å². The number of aliphatic hydroxyl groups is 5. The molecule has 2 aromatic rings. The van der Waals surface area contributed by atoms with Crippen molar-refractivity contribution in [3.05, 3.63) is 53.6 Å². The van der Waals surface area contributed by atoms with E-state index in [2.05, 4.69) is 0 Å². The Labute approximate surface area is 258 Å². The van der Waals surface area contributed by atoms with E-state index in [1.54, 1.807) is 6.07 Å². The van der Waals surface area contributed by atoms with E-state index in [4.69, 9.17) is 28.4 Å². The Hall–Kier alpha value is -3.51. The van der Waals surface area contributed by atoms with E-state index < -0.39 is 74.0 Å². The van der Waals surface area contributed by atoms with Crippen LogP contribution in [0.4, 0.5) is 0 Å². The van der Waals surface area contributed by atoms with Crippen molar-refractivity contribution in [1.29, 1.82) is 0 Å². The molecule has 2 heterocycles. The van der Waals surface area contributed by atoms with E-state index in [0.717, 1.165) is 6.08 Å². The van der Waals surface area contributed by atoms with E-state index in [0.29, 0.717) is 11.1 Å². The van der Waals surface area contributed by atoms with Gasteiger partial charge >= 0.3 is 5.97 Å². The molecule has 2 aliphatic heterocycles. The van der Waals surface area contributed by atoms with Crippen LogP contribution in [0.15, 0.2) is 42.5 Å². The lowest BCUT2D eigenvalue weighted by Crippen LogP contribution is -2.65. The third-order valence-corrected chi connectivity index (χ3v) is 7.50. The van der Waals surface area contributed by atoms with Crippen molar-refractivity contribution in [3.63, 3.8) is 0 Å². The third kappa shape index (κ3) is 8.21. The Morgan fingerprint density at radius 3 is 2.31 bits per heavy atom. The van der Waals surface area contributed by atoms with Crippen molar-refractivity contribution in [1.82, 2.24) is 0 Å². The number of ether oxygens (including phenoxy) is 6. The Kier molecular flexibility index (Phi) is 11.6. The zero-order valence-corrected chi connectivity index (χ0v) is 24.4. The summed E-state index contributed by atoms with van der Waals surface area (Å²) in [6.07, 6.45) is -12.2. The van der Waals surface area contributed by atoms with Crippen LogP contribution in [0.25, 0.3) is 6.08 Å². The molecule has 8 N–H and O–H groups in total. The van der Waals surface area contributed by atoms with Gasteiger partial charge in [0.15, 0.2) is 41.7 Å². The first-order valence-corrected chi connectivity index (χ1v) is 14.1. The van der Waals surface area contributed by atoms with Gasteiger partial charge in [-0.3, -0.25) is 0 Å². The molecule has 0 unspecified atom stereocenters. The molecule has 2 aromatic carbocycles. The molecule has 0 radical (unpaired) electrons. The molecule has 0 aliphatic carbocycles. The van der Waals surface area contributed by atoms with Crippen LogP contribution in [0.3, 0.4) is 0 Å². The summed E-state index contributed by atoms with van der Waals surface area (Å²) in [5.41, 5.74) is 1.04. The number of rotatable bonds is 11. The molecule has 45 heavy (non-hydrogen) atoms. The molecule has 0 spiro atoms. The highest BCUT2D eigenvalue weighted by Gasteiger charge is 2.52. The molecule has 4 rings (SSSR count). The predicted octanol–water partition coefficient (Wildman–Crippen LogP) is -0.713. The quantitative estimate of drug-likeness (QED) is 0.0862. The number of hydrogen-bond donors (Lipinski definition) is 8. The van der Waals surface area contributed by atoms with Crippen LogP contribution >= 0.6 is 0 Å². The molecule has 2 saturated heterocycles. The van der Waals surface area contributed by atoms with Crippen molar-refractivity contribution in [2.75, 3.05) is 20.3 Å². The maximum absolute atomic E-state index is 13.0. The van der Waals surface area contributed by atoms with E-state index in [1.165, 1.54) is 50.4 Å². The summed E-state index contributed by atoms with van der Waals surface area (Å²) in [7, 11) is 1.37. The molecule has 0 saturated carbocycles. The number of phenols is 3. The Morgan fingerprint density at radius 2 is 1.62 bits per heavy atom. The molecular weight excluding hydrogens is 600 g/mol. The van der Waals surface area contributed by atoms with Gasteiger partial charge in [0.05, 0.1) is 26.4 Å². The number of aliphatic hydroxyl groups excluding tert-OH is 5. The largest absolute Gasteiger partial charge is 0.504 e. The predicted molar refractivity (Wildman–Crippen MR) is 152 cm³/mol. The van der Waals surface area contributed by atoms with Crippen LogP contribution in [0.5, 0.6) is 23.0 Å². The van der Waals surface area contributed by atoms with Crippen molar-refractivity contribution < 1.29 is 74.1 Å². The standard InChI is InChI=1S/C30H38O15/c1-14-23(36)24(37)25(38)30(42-14)45-27-26(44-22(35)8-5-15-4-7-18(33)20(12-15)40-2)21(13-31)43-29(39)28(27)41-10-9-16-3-6-17(32)19(34)11-16/h3-8,11-12,14,21,23-34,36-39H,9-10,13H2,1-2H3/t14-,21+,23-,24+,25+,26+,27-,28+,29+,30+/m0/s1. The minimum absolute atomic E-state index is 0.103. The summed E-state index contributed by atoms with van der Waals surface area (Å²) >= 11 is 0. The zero-order valence-electron chi connectivity index (χ0n) is 24.4. The monoisotopic (exact) mass is 638 g/mol. The highest BCUT2D eigenvalue weighted by atomic mass is 16.7. The van der Waals surface area contributed by atoms with Gasteiger partial charge in [0, 0.05) is 6.08 Å². The molecule has 2 fully saturated rings. The molecular formula is C30H38O15. The molecule has 10 atom stereocenters. The van der Waals surface area contributed by atoms with Gasteiger partial charge < -0.3 is 69.3 Å². The summed E-state index contributed by atoms with van der Waals surface area (Å²) in [6, 6.07) is 8.52. The van der Waals surface area contributed by atoms with Crippen molar-refractivity contribution in [3.8, 4) is 23.0 Å². The second kappa shape index (κ2) is 15.2. The molecule has 15 heteroatoms. The fourth-order valence-electron chi connectivity index (χ4n) is 4.97. The maximum atomic E-state index is 13.0. The number of phenolic OH excluding ortho intramolecular Hbond substituents is 3. The van der Waals surface area contributed by atoms with Gasteiger partial charge in [-0.1, -0.05) is 12.1 Å². The second-order valence-electron chi connectivity index (χ2n) is 10.6. The van der Waals surface area contributed by atoms with E-state index in [9.17, 15) is 45.6 Å². The van der Waals surface area contributed by atoms with Gasteiger partial charge in [-0.05, 0) is 54.8 Å². The molecule has 248 valence electrons. The number of methoxy groups -OCH3 is 1. The Bertz CT molecular complexity index is 1320. The molecule has 0 amide bonds. The van der Waals surface area contributed by atoms with E-state index in [1.807, 2.05) is 0 Å². The highest BCUT2D eigenvalue weighted by molar-refractivity contribution is 5.87. The topological polar surface area (TPSA) is 234 Å². The Morgan fingerprint density at radius 1 is 0.889 bits per heavy atom. The minimum atomic E-state index is -1.76. The number of carbonyl (C=O) groups is 1. The van der Waals surface area contributed by atoms with Gasteiger partial charge in [-0.25, -0.2) is 4.79 Å². The lowest BCUT2D eigenvalue weighted by Gasteiger charge is -2.46. The average molecular weight is 639 g/mol. The van der Waals surface area contributed by atoms with Crippen LogP contribution in [0.2, 0.25) is 0 Å². The smallest absolute Gasteiger partial charge is 0.331 e. The summed E-state index contributed by atoms with van der Waals surface area (Å²) < 4.78 is 33.6. The minimum Gasteiger partial charge on any atom is -0.504 e. The maximum Gasteiger partial charge on any atom is 0.331 e. The summed E-state index contributed by atoms with van der Waals surface area (Å²) in [6.45, 7) is 0.597. The lowest BCUT2D eigenvalue weighted by molar-refractivity contribution is -0.357. The van der Waals surface area contributed by atoms with Crippen LogP contribution in [0, 0.1) is 0 Å². The number of aromatic hydroxyl groups is 3. The van der Waals surface area contributed by atoms with Crippen molar-refractivity contribution >= 4 is 12.0 Å². The molecule has 0 aromatic heterocycles. The van der Waals surface area contributed by atoms with Gasteiger partial charge in [0.2, 0.25) is 0 Å². The fraction of sp³-hybridized carbons (Fsp3) is 0.500. The highest BCUT2D eigenvalue weighted by Crippen LogP contribution is 2.32. The first-order chi connectivity index (χ1) is 21.4. The average Bonchev–Trinajstić information content (AvgIpc) is 3.02. The number of carbonyl (C=O) groups excluding carboxylic acids is 1. The number of benzene rings is 2. The molecule has 0 bridgehead atoms. The third-order valence-electron chi connectivity index (χ3n) is 7.50. The van der Waals surface area contributed by atoms with Crippen LogP contribution in [-0.4, -0.2) is 129 Å². The van der Waals surface area contributed by atoms with E-state index in [-0.39, 0.29) is 36.0 Å². The normalized spacial score (nSPS) is 32.0. The fourth-order valence-corrected chi connectivity index (χ4v) is 4.97. The Balaban J connectivity index is 1.57. The van der Waals surface area contributed by atoms with Gasteiger partial charge in [-0.2, -0.15) is 0 Å². The van der Waals surface area contributed by atoms with Gasteiger partial charge in [-0.15, -0.1) is 0 Å². The van der Waals surface area contributed by atoms with Crippen LogP contribution in [-0.2, 0) is 34.9 Å². The van der Waals surface area contributed by atoms with Gasteiger partial charge in [0.25, 0.3) is 0 Å². The van der Waals surface area contributed by atoms with Gasteiger partial charge in [0.1, 0.15) is 36.6 Å². The van der Waals surface area contributed by atoms with E-state index >= 15 is 0 Å². The lowest BCUT2D eigenvalue weighted by atomic mass is 9.96. The SMILES string of the molecule is COc1cc(C=CC(=O)O[C@H]2[C@H](O[C@H]3O[C@@H](C)[C@H](O)[C@@H](O)[C@H]3O)[C@@H](OCCc3ccc(O)c(O)c3)[C@H](O)O[C@@H]2CO)ccc1O. The van der Waals surface area contributed by atoms with Crippen molar-refractivity contribution in [2.24, 2.45) is 0 Å². The van der Waals surface area contributed by atoms with Crippen LogP contribution < -0.4 is 4.74 Å². The summed E-state index contributed by atoms with van der Waals surface area (Å²) in [5.74, 6) is -1.51. The zero-order chi connectivity index (χ0) is 32.8. The number of esters is 1. The first-order valence-electron chi connectivity index (χ1n) is 14.1. The summed E-state index contributed by atoms with van der Waals surface area (Å²) in [5, 5.41) is 81.1. The molecule has 2 aliphatic rings. The first kappa shape index (κ1) is 34.4. The summed E-state index contributed by atoms with van der Waals surface area (Å²) in [4.78, 5) is 13.0. The van der Waals surface area contributed by atoms with Crippen LogP contribution in [0.1, 0.15) is 18.1 Å². The molecule has 15 nitrogen and oxygen atoms in total.